The van der Waals surface area contributed by atoms with Gasteiger partial charge < -0.3 is 10.4 Å². The largest absolute Gasteiger partial charge is 0.480 e. The van der Waals surface area contributed by atoms with E-state index in [2.05, 4.69) is 26.1 Å². The third-order valence-corrected chi connectivity index (χ3v) is 3.68. The van der Waals surface area contributed by atoms with Crippen LogP contribution in [-0.2, 0) is 4.79 Å². The van der Waals surface area contributed by atoms with Gasteiger partial charge in [0.05, 0.1) is 0 Å². The van der Waals surface area contributed by atoms with Crippen molar-refractivity contribution in [2.45, 2.75) is 91.0 Å². The molecule has 0 heterocycles. The van der Waals surface area contributed by atoms with Gasteiger partial charge in [0.2, 0.25) is 0 Å². The maximum absolute atomic E-state index is 11.1. The number of hydrogen-bond donors (Lipinski definition) is 2. The smallest absolute Gasteiger partial charge is 0.320 e. The lowest BCUT2D eigenvalue weighted by atomic mass is 10.0. The van der Waals surface area contributed by atoms with E-state index in [0.29, 0.717) is 12.3 Å². The van der Waals surface area contributed by atoms with Gasteiger partial charge >= 0.3 is 5.97 Å². The van der Waals surface area contributed by atoms with E-state index in [4.69, 9.17) is 5.11 Å². The first-order valence-electron chi connectivity index (χ1n) is 8.54. The van der Waals surface area contributed by atoms with Crippen molar-refractivity contribution in [3.63, 3.8) is 0 Å². The lowest BCUT2D eigenvalue weighted by molar-refractivity contribution is -0.139. The molecule has 0 unspecified atom stereocenters. The van der Waals surface area contributed by atoms with E-state index in [1.54, 1.807) is 0 Å². The van der Waals surface area contributed by atoms with Crippen LogP contribution in [0.5, 0.6) is 0 Å². The second-order valence-corrected chi connectivity index (χ2v) is 6.30. The highest BCUT2D eigenvalue weighted by Gasteiger charge is 2.17. The van der Waals surface area contributed by atoms with Crippen LogP contribution in [0.3, 0.4) is 0 Å². The van der Waals surface area contributed by atoms with Gasteiger partial charge in [0.1, 0.15) is 6.04 Å². The van der Waals surface area contributed by atoms with Crippen molar-refractivity contribution in [1.82, 2.24) is 5.32 Å². The number of carboxylic acid groups (broad SMARTS) is 1. The number of carboxylic acids is 1. The van der Waals surface area contributed by atoms with Crippen LogP contribution in [0.15, 0.2) is 0 Å². The molecule has 20 heavy (non-hydrogen) atoms. The minimum atomic E-state index is -0.713. The highest BCUT2D eigenvalue weighted by Crippen LogP contribution is 2.10. The summed E-state index contributed by atoms with van der Waals surface area (Å²) in [5.74, 6) is -0.290. The monoisotopic (exact) mass is 285 g/mol. The molecule has 0 spiro atoms. The first-order valence-corrected chi connectivity index (χ1v) is 8.54. The summed E-state index contributed by atoms with van der Waals surface area (Å²) in [7, 11) is 0. The Morgan fingerprint density at radius 3 is 1.90 bits per heavy atom. The molecule has 0 aliphatic carbocycles. The number of hydrogen-bond acceptors (Lipinski definition) is 2. The summed E-state index contributed by atoms with van der Waals surface area (Å²) >= 11 is 0. The summed E-state index contributed by atoms with van der Waals surface area (Å²) in [4.78, 5) is 11.1. The van der Waals surface area contributed by atoms with Crippen LogP contribution < -0.4 is 5.32 Å². The molecule has 3 heteroatoms. The Bertz CT molecular complexity index is 229. The van der Waals surface area contributed by atoms with Crippen molar-refractivity contribution in [3.05, 3.63) is 0 Å². The highest BCUT2D eigenvalue weighted by atomic mass is 16.4. The SMILES string of the molecule is CCCCCCCCCCCN[C@@H](CC(C)C)C(=O)O. The average molecular weight is 285 g/mol. The maximum Gasteiger partial charge on any atom is 0.320 e. The van der Waals surface area contributed by atoms with E-state index in [1.807, 2.05) is 0 Å². The predicted octanol–water partition coefficient (Wildman–Crippen LogP) is 4.61. The first kappa shape index (κ1) is 19.4. The topological polar surface area (TPSA) is 49.3 Å². The van der Waals surface area contributed by atoms with E-state index in [-0.39, 0.29) is 6.04 Å². The Balaban J connectivity index is 3.39. The predicted molar refractivity (Wildman–Crippen MR) is 86.1 cm³/mol. The molecule has 0 amide bonds. The molecular formula is C17H35NO2. The fourth-order valence-corrected chi connectivity index (χ4v) is 2.45. The number of nitrogens with one attached hydrogen (secondary N) is 1. The Kier molecular flexibility index (Phi) is 13.0. The molecule has 120 valence electrons. The molecule has 0 rings (SSSR count). The molecule has 0 aromatic carbocycles. The molecule has 0 bridgehead atoms. The van der Waals surface area contributed by atoms with Gasteiger partial charge in [-0.15, -0.1) is 0 Å². The molecule has 3 nitrogen and oxygen atoms in total. The minimum Gasteiger partial charge on any atom is -0.480 e. The molecule has 0 radical (unpaired) electrons. The van der Waals surface area contributed by atoms with Crippen LogP contribution >= 0.6 is 0 Å². The van der Waals surface area contributed by atoms with E-state index in [9.17, 15) is 4.79 Å². The van der Waals surface area contributed by atoms with Crippen LogP contribution in [0.1, 0.15) is 85.0 Å². The fourth-order valence-electron chi connectivity index (χ4n) is 2.45. The molecule has 0 aliphatic rings. The van der Waals surface area contributed by atoms with Crippen LogP contribution in [0, 0.1) is 5.92 Å². The zero-order valence-electron chi connectivity index (χ0n) is 13.8. The van der Waals surface area contributed by atoms with Crippen molar-refractivity contribution in [3.8, 4) is 0 Å². The zero-order chi connectivity index (χ0) is 15.2. The van der Waals surface area contributed by atoms with Gasteiger partial charge in [-0.05, 0) is 25.3 Å². The van der Waals surface area contributed by atoms with E-state index in [1.165, 1.54) is 51.4 Å². The number of carbonyl (C=O) groups is 1. The van der Waals surface area contributed by atoms with Gasteiger partial charge in [0, 0.05) is 0 Å². The minimum absolute atomic E-state index is 0.371. The number of rotatable bonds is 14. The molecular weight excluding hydrogens is 250 g/mol. The van der Waals surface area contributed by atoms with Crippen molar-refractivity contribution in [2.75, 3.05) is 6.54 Å². The van der Waals surface area contributed by atoms with Crippen molar-refractivity contribution in [2.24, 2.45) is 5.92 Å². The standard InChI is InChI=1S/C17H35NO2/c1-4-5-6-7-8-9-10-11-12-13-18-16(17(19)20)14-15(2)3/h15-16,18H,4-14H2,1-3H3,(H,19,20)/t16-/m0/s1. The Labute approximate surface area is 125 Å². The summed E-state index contributed by atoms with van der Waals surface area (Å²) < 4.78 is 0. The molecule has 0 aromatic rings. The lowest BCUT2D eigenvalue weighted by Gasteiger charge is -2.16. The third-order valence-electron chi connectivity index (χ3n) is 3.68. The van der Waals surface area contributed by atoms with Crippen molar-refractivity contribution in [1.29, 1.82) is 0 Å². The molecule has 0 aliphatic heterocycles. The van der Waals surface area contributed by atoms with Gasteiger partial charge in [-0.1, -0.05) is 72.1 Å². The number of aliphatic carboxylic acids is 1. The summed E-state index contributed by atoms with van der Waals surface area (Å²) in [5, 5.41) is 12.3. The molecule has 0 saturated heterocycles. The van der Waals surface area contributed by atoms with Crippen molar-refractivity contribution >= 4 is 5.97 Å². The quantitative estimate of drug-likeness (QED) is 0.458. The Morgan fingerprint density at radius 1 is 0.950 bits per heavy atom. The van der Waals surface area contributed by atoms with Gasteiger partial charge in [-0.3, -0.25) is 4.79 Å². The summed E-state index contributed by atoms with van der Waals surface area (Å²) in [6.07, 6.45) is 12.4. The summed E-state index contributed by atoms with van der Waals surface area (Å²) in [5.41, 5.74) is 0. The molecule has 2 N–H and O–H groups in total. The summed E-state index contributed by atoms with van der Waals surface area (Å²) in [6.45, 7) is 7.21. The molecule has 0 fully saturated rings. The highest BCUT2D eigenvalue weighted by molar-refractivity contribution is 5.73. The van der Waals surface area contributed by atoms with Crippen molar-refractivity contribution < 1.29 is 9.90 Å². The summed E-state index contributed by atoms with van der Waals surface area (Å²) in [6, 6.07) is -0.371. The lowest BCUT2D eigenvalue weighted by Crippen LogP contribution is -2.38. The average Bonchev–Trinajstić information content (AvgIpc) is 2.39. The maximum atomic E-state index is 11.1. The van der Waals surface area contributed by atoms with Crippen LogP contribution in [0.2, 0.25) is 0 Å². The normalized spacial score (nSPS) is 12.8. The van der Waals surface area contributed by atoms with Gasteiger partial charge in [0.25, 0.3) is 0 Å². The van der Waals surface area contributed by atoms with Crippen LogP contribution in [-0.4, -0.2) is 23.7 Å². The van der Waals surface area contributed by atoms with E-state index in [0.717, 1.165) is 13.0 Å². The fraction of sp³-hybridized carbons (Fsp3) is 0.941. The second-order valence-electron chi connectivity index (χ2n) is 6.30. The van der Waals surface area contributed by atoms with E-state index < -0.39 is 5.97 Å². The van der Waals surface area contributed by atoms with Crippen LogP contribution in [0.25, 0.3) is 0 Å². The first-order chi connectivity index (χ1) is 9.57. The molecule has 0 aromatic heterocycles. The second kappa shape index (κ2) is 13.4. The van der Waals surface area contributed by atoms with E-state index >= 15 is 0 Å². The van der Waals surface area contributed by atoms with Gasteiger partial charge in [-0.25, -0.2) is 0 Å². The van der Waals surface area contributed by atoms with Crippen LogP contribution in [0.4, 0.5) is 0 Å². The number of unbranched alkanes of at least 4 members (excludes halogenated alkanes) is 8. The van der Waals surface area contributed by atoms with Gasteiger partial charge in [-0.2, -0.15) is 0 Å². The Hall–Kier alpha value is -0.570. The zero-order valence-corrected chi connectivity index (χ0v) is 13.8. The molecule has 1 atom stereocenters. The molecule has 0 saturated carbocycles. The Morgan fingerprint density at radius 2 is 1.45 bits per heavy atom. The van der Waals surface area contributed by atoms with Gasteiger partial charge in [0.15, 0.2) is 0 Å². The third kappa shape index (κ3) is 12.5.